The van der Waals surface area contributed by atoms with Crippen LogP contribution in [0.15, 0.2) is 48.8 Å². The smallest absolute Gasteiger partial charge is 0.410 e. The summed E-state index contributed by atoms with van der Waals surface area (Å²) < 4.78 is 5.66. The number of rotatable bonds is 4. The fourth-order valence-electron chi connectivity index (χ4n) is 8.23. The molecule has 4 heterocycles. The van der Waals surface area contributed by atoms with Gasteiger partial charge in [-0.25, -0.2) is 14.8 Å². The highest BCUT2D eigenvalue weighted by Gasteiger charge is 2.45. The molecule has 228 valence electrons. The van der Waals surface area contributed by atoms with Crippen LogP contribution in [-0.2, 0) is 17.6 Å². The van der Waals surface area contributed by atoms with Crippen molar-refractivity contribution < 1.29 is 9.53 Å². The number of imidazole rings is 2. The van der Waals surface area contributed by atoms with Crippen molar-refractivity contribution in [2.45, 2.75) is 89.4 Å². The number of carbonyl (C=O) groups excluding carboxylic acids is 1. The Hall–Kier alpha value is -3.91. The van der Waals surface area contributed by atoms with Crippen LogP contribution in [0.1, 0.15) is 87.7 Å². The summed E-state index contributed by atoms with van der Waals surface area (Å²) in [6.45, 7) is 6.40. The molecule has 8 rings (SSSR count). The molecule has 4 unspecified atom stereocenters. The Labute approximate surface area is 259 Å². The van der Waals surface area contributed by atoms with Crippen molar-refractivity contribution >= 4 is 6.09 Å². The van der Waals surface area contributed by atoms with E-state index in [-0.39, 0.29) is 12.1 Å². The van der Waals surface area contributed by atoms with Crippen LogP contribution in [-0.4, -0.2) is 61.1 Å². The van der Waals surface area contributed by atoms with Crippen molar-refractivity contribution in [2.24, 2.45) is 5.92 Å². The molecule has 2 aliphatic heterocycles. The lowest BCUT2D eigenvalue weighted by Gasteiger charge is -2.30. The van der Waals surface area contributed by atoms with Gasteiger partial charge in [0.05, 0.1) is 35.9 Å². The minimum Gasteiger partial charge on any atom is -0.444 e. The highest BCUT2D eigenvalue weighted by atomic mass is 16.6. The molecule has 8 nitrogen and oxygen atoms in total. The quantitative estimate of drug-likeness (QED) is 0.258. The van der Waals surface area contributed by atoms with E-state index in [0.29, 0.717) is 12.6 Å². The Morgan fingerprint density at radius 2 is 1.52 bits per heavy atom. The number of hydrogen-bond acceptors (Lipinski definition) is 5. The van der Waals surface area contributed by atoms with Crippen molar-refractivity contribution in [2.75, 3.05) is 13.6 Å². The normalized spacial score (nSPS) is 24.5. The summed E-state index contributed by atoms with van der Waals surface area (Å²) in [4.78, 5) is 34.0. The van der Waals surface area contributed by atoms with E-state index in [9.17, 15) is 4.79 Å². The molecule has 4 aliphatic rings. The number of aromatic amines is 2. The van der Waals surface area contributed by atoms with E-state index < -0.39 is 5.60 Å². The van der Waals surface area contributed by atoms with E-state index >= 15 is 0 Å². The summed E-state index contributed by atoms with van der Waals surface area (Å²) in [5.74, 6) is 2.68. The van der Waals surface area contributed by atoms with Gasteiger partial charge in [-0.1, -0.05) is 24.3 Å². The predicted molar refractivity (Wildman–Crippen MR) is 171 cm³/mol. The molecular weight excluding hydrogens is 548 g/mol. The van der Waals surface area contributed by atoms with Crippen LogP contribution < -0.4 is 0 Å². The number of nitrogens with one attached hydrogen (secondary N) is 2. The van der Waals surface area contributed by atoms with Crippen LogP contribution in [0.2, 0.25) is 0 Å². The van der Waals surface area contributed by atoms with Crippen molar-refractivity contribution in [3.63, 3.8) is 0 Å². The number of amides is 1. The monoisotopic (exact) mass is 590 g/mol. The third-order valence-corrected chi connectivity index (χ3v) is 10.4. The van der Waals surface area contributed by atoms with Crippen molar-refractivity contribution in [3.05, 3.63) is 71.6 Å². The SMILES string of the molecule is CN1C2CCC(C2)C1c1ncc(-c2ccc3c(c2)CCc2cc(-c4cnc(C5CCCN5C(=O)OC(C)(C)C)[nH]4)ccc2-3)[nH]1. The maximum absolute atomic E-state index is 12.8. The predicted octanol–water partition coefficient (Wildman–Crippen LogP) is 7.46. The third-order valence-electron chi connectivity index (χ3n) is 10.4. The maximum Gasteiger partial charge on any atom is 0.410 e. The van der Waals surface area contributed by atoms with Crippen molar-refractivity contribution in [1.82, 2.24) is 29.7 Å². The van der Waals surface area contributed by atoms with Crippen molar-refractivity contribution in [1.29, 1.82) is 0 Å². The first-order chi connectivity index (χ1) is 21.2. The Morgan fingerprint density at radius 1 is 0.886 bits per heavy atom. The van der Waals surface area contributed by atoms with E-state index in [1.54, 1.807) is 0 Å². The fourth-order valence-corrected chi connectivity index (χ4v) is 8.23. The molecule has 2 bridgehead atoms. The summed E-state index contributed by atoms with van der Waals surface area (Å²) in [5, 5.41) is 0. The number of carbonyl (C=O) groups is 1. The van der Waals surface area contributed by atoms with Crippen LogP contribution >= 0.6 is 0 Å². The number of piperidine rings is 1. The van der Waals surface area contributed by atoms with Gasteiger partial charge < -0.3 is 14.7 Å². The molecule has 2 saturated heterocycles. The van der Waals surface area contributed by atoms with Crippen molar-refractivity contribution in [3.8, 4) is 33.6 Å². The molecule has 2 aromatic carbocycles. The second kappa shape index (κ2) is 10.3. The molecule has 44 heavy (non-hydrogen) atoms. The molecule has 0 spiro atoms. The van der Waals surface area contributed by atoms with Crippen LogP contribution in [0.25, 0.3) is 33.6 Å². The zero-order valence-electron chi connectivity index (χ0n) is 26.2. The van der Waals surface area contributed by atoms with Gasteiger partial charge in [-0.05, 0) is 124 Å². The van der Waals surface area contributed by atoms with Crippen LogP contribution in [0, 0.1) is 5.92 Å². The number of likely N-dealkylation sites (tertiary alicyclic amines) is 2. The number of hydrogen-bond donors (Lipinski definition) is 2. The molecule has 2 aliphatic carbocycles. The van der Waals surface area contributed by atoms with Gasteiger partial charge in [0.1, 0.15) is 17.2 Å². The highest BCUT2D eigenvalue weighted by molar-refractivity contribution is 5.79. The lowest BCUT2D eigenvalue weighted by atomic mass is 9.83. The Balaban J connectivity index is 1.01. The van der Waals surface area contributed by atoms with Crippen LogP contribution in [0.5, 0.6) is 0 Å². The summed E-state index contributed by atoms with van der Waals surface area (Å²) in [7, 11) is 2.26. The Bertz CT molecular complexity index is 1730. The van der Waals surface area contributed by atoms with Gasteiger partial charge in [0.25, 0.3) is 0 Å². The molecular formula is C36H42N6O2. The van der Waals surface area contributed by atoms with Crippen LogP contribution in [0.3, 0.4) is 0 Å². The topological polar surface area (TPSA) is 90.1 Å². The number of aryl methyl sites for hydroxylation is 2. The number of benzene rings is 2. The van der Waals surface area contributed by atoms with Gasteiger partial charge in [-0.15, -0.1) is 0 Å². The zero-order chi connectivity index (χ0) is 30.2. The first kappa shape index (κ1) is 27.6. The summed E-state index contributed by atoms with van der Waals surface area (Å²) >= 11 is 0. The highest BCUT2D eigenvalue weighted by Crippen LogP contribution is 2.48. The number of fused-ring (bicyclic) bond motifs is 5. The first-order valence-electron chi connectivity index (χ1n) is 16.3. The van der Waals surface area contributed by atoms with E-state index in [1.165, 1.54) is 47.1 Å². The second-order valence-electron chi connectivity index (χ2n) is 14.3. The molecule has 3 fully saturated rings. The minimum absolute atomic E-state index is 0.0857. The third kappa shape index (κ3) is 4.74. The molecule has 1 saturated carbocycles. The summed E-state index contributed by atoms with van der Waals surface area (Å²) in [6.07, 6.45) is 11.5. The lowest BCUT2D eigenvalue weighted by Crippen LogP contribution is -2.36. The standard InChI is InChI=1S/C36H42N6O2/c1-36(2,3)44-35(43)42-15-5-6-31(42)33-37-19-29(39-33)23-10-13-27-21(16-23)7-8-22-17-24(11-14-28(22)27)30-20-38-34(40-30)32-25-9-12-26(18-25)41(32)4/h10-11,13-14,16-17,19-20,25-26,31-32H,5-9,12,15,18H2,1-4H3,(H,37,39)(H,38,40). The number of ether oxygens (including phenoxy) is 1. The Morgan fingerprint density at radius 3 is 2.14 bits per heavy atom. The van der Waals surface area contributed by atoms with Gasteiger partial charge >= 0.3 is 6.09 Å². The van der Waals surface area contributed by atoms with E-state index in [2.05, 4.69) is 58.3 Å². The van der Waals surface area contributed by atoms with Crippen LogP contribution in [0.4, 0.5) is 4.79 Å². The maximum atomic E-state index is 12.8. The first-order valence-corrected chi connectivity index (χ1v) is 16.3. The van der Waals surface area contributed by atoms with Gasteiger partial charge in [0.15, 0.2) is 0 Å². The van der Waals surface area contributed by atoms with E-state index in [0.717, 1.165) is 66.2 Å². The largest absolute Gasteiger partial charge is 0.444 e. The molecule has 2 N–H and O–H groups in total. The second-order valence-corrected chi connectivity index (χ2v) is 14.3. The van der Waals surface area contributed by atoms with E-state index in [4.69, 9.17) is 14.7 Å². The molecule has 8 heteroatoms. The van der Waals surface area contributed by atoms with Gasteiger partial charge in [0, 0.05) is 12.6 Å². The average Bonchev–Trinajstić information content (AvgIpc) is 3.84. The molecule has 2 aromatic heterocycles. The molecule has 1 amide bonds. The molecule has 0 radical (unpaired) electrons. The summed E-state index contributed by atoms with van der Waals surface area (Å²) in [6, 6.07) is 14.7. The van der Waals surface area contributed by atoms with Gasteiger partial charge in [-0.2, -0.15) is 0 Å². The Kier molecular flexibility index (Phi) is 6.49. The number of aromatic nitrogens is 4. The fraction of sp³-hybridized carbons (Fsp3) is 0.472. The van der Waals surface area contributed by atoms with Gasteiger partial charge in [0.2, 0.25) is 0 Å². The average molecular weight is 591 g/mol. The molecule has 4 aromatic rings. The molecule has 4 atom stereocenters. The van der Waals surface area contributed by atoms with Gasteiger partial charge in [-0.3, -0.25) is 9.80 Å². The number of nitrogens with zero attached hydrogens (tertiary/aromatic N) is 4. The number of H-pyrrole nitrogens is 2. The lowest BCUT2D eigenvalue weighted by molar-refractivity contribution is 0.0218. The summed E-state index contributed by atoms with van der Waals surface area (Å²) in [5.41, 5.74) is 9.29. The van der Waals surface area contributed by atoms with E-state index in [1.807, 2.05) is 38.1 Å². The minimum atomic E-state index is -0.517. The zero-order valence-corrected chi connectivity index (χ0v) is 26.2.